The van der Waals surface area contributed by atoms with Crippen molar-refractivity contribution in [3.8, 4) is 17.2 Å². The predicted molar refractivity (Wildman–Crippen MR) is 124 cm³/mol. The first-order valence-electron chi connectivity index (χ1n) is 9.59. The van der Waals surface area contributed by atoms with Gasteiger partial charge in [0, 0.05) is 21.5 Å². The Kier molecular flexibility index (Phi) is 5.24. The standard InChI is InChI=1S/C23H17BrCl2N2O3/c1-30-15-5-2-12(3-6-15)19-11-20-16-9-14(25)10-18(26)22(16)31-23(28(20)27-19)17-8-13(24)4-7-21(17)29/h2-10,20,23,29H,11H2,1H3/t20-,23+/m0/s1. The van der Waals surface area contributed by atoms with Crippen LogP contribution in [0.15, 0.2) is 64.2 Å². The smallest absolute Gasteiger partial charge is 0.217 e. The molecule has 3 aromatic carbocycles. The van der Waals surface area contributed by atoms with Crippen LogP contribution in [0, 0.1) is 0 Å². The van der Waals surface area contributed by atoms with E-state index in [4.69, 9.17) is 37.8 Å². The van der Waals surface area contributed by atoms with Crippen molar-refractivity contribution in [3.63, 3.8) is 0 Å². The zero-order valence-electron chi connectivity index (χ0n) is 16.3. The van der Waals surface area contributed by atoms with E-state index in [0.29, 0.717) is 27.8 Å². The van der Waals surface area contributed by atoms with Gasteiger partial charge in [0.15, 0.2) is 0 Å². The van der Waals surface area contributed by atoms with Crippen molar-refractivity contribution >= 4 is 44.8 Å². The van der Waals surface area contributed by atoms with Crippen molar-refractivity contribution in [2.24, 2.45) is 5.10 Å². The zero-order valence-corrected chi connectivity index (χ0v) is 19.4. The molecule has 0 aliphatic carbocycles. The van der Waals surface area contributed by atoms with Crippen molar-refractivity contribution in [1.82, 2.24) is 5.01 Å². The lowest BCUT2D eigenvalue weighted by atomic mass is 9.95. The molecule has 0 unspecified atom stereocenters. The van der Waals surface area contributed by atoms with Gasteiger partial charge in [0.1, 0.15) is 17.2 Å². The summed E-state index contributed by atoms with van der Waals surface area (Å²) in [7, 11) is 1.64. The van der Waals surface area contributed by atoms with Crippen LogP contribution in [0.1, 0.15) is 35.4 Å². The average molecular weight is 520 g/mol. The molecule has 0 saturated carbocycles. The SMILES string of the molecule is COc1ccc(C2=NN3[C@@H](c4cc(Br)ccc4O)Oc4c(Cl)cc(Cl)cc4[C@@H]3C2)cc1. The lowest BCUT2D eigenvalue weighted by molar-refractivity contribution is -0.0202. The van der Waals surface area contributed by atoms with E-state index in [9.17, 15) is 5.11 Å². The lowest BCUT2D eigenvalue weighted by Crippen LogP contribution is -2.34. The van der Waals surface area contributed by atoms with Crippen LogP contribution in [0.2, 0.25) is 10.0 Å². The molecule has 0 fully saturated rings. The van der Waals surface area contributed by atoms with E-state index < -0.39 is 6.23 Å². The molecule has 0 saturated heterocycles. The first kappa shape index (κ1) is 20.5. The van der Waals surface area contributed by atoms with Crippen LogP contribution in [0.3, 0.4) is 0 Å². The van der Waals surface area contributed by atoms with Gasteiger partial charge in [-0.1, -0.05) is 39.1 Å². The van der Waals surface area contributed by atoms with E-state index in [-0.39, 0.29) is 11.8 Å². The van der Waals surface area contributed by atoms with Gasteiger partial charge >= 0.3 is 0 Å². The number of halogens is 3. The summed E-state index contributed by atoms with van der Waals surface area (Å²) in [4.78, 5) is 0. The van der Waals surface area contributed by atoms with Crippen LogP contribution in [-0.2, 0) is 0 Å². The highest BCUT2D eigenvalue weighted by atomic mass is 79.9. The number of phenols is 1. The van der Waals surface area contributed by atoms with Crippen LogP contribution in [-0.4, -0.2) is 22.9 Å². The Bertz CT molecular complexity index is 1200. The molecule has 3 aromatic rings. The normalized spacial score (nSPS) is 19.4. The van der Waals surface area contributed by atoms with Crippen molar-refractivity contribution in [1.29, 1.82) is 0 Å². The van der Waals surface area contributed by atoms with E-state index in [1.807, 2.05) is 41.4 Å². The Morgan fingerprint density at radius 1 is 1.10 bits per heavy atom. The summed E-state index contributed by atoms with van der Waals surface area (Å²) < 4.78 is 12.4. The summed E-state index contributed by atoms with van der Waals surface area (Å²) >= 11 is 16.3. The summed E-state index contributed by atoms with van der Waals surface area (Å²) in [6.07, 6.45) is -0.00520. The second-order valence-electron chi connectivity index (χ2n) is 7.35. The number of nitrogens with zero attached hydrogens (tertiary/aromatic N) is 2. The second kappa shape index (κ2) is 7.93. The largest absolute Gasteiger partial charge is 0.507 e. The number of phenolic OH excluding ortho intramolecular Hbond substituents is 1. The number of rotatable bonds is 3. The highest BCUT2D eigenvalue weighted by Gasteiger charge is 2.43. The Morgan fingerprint density at radius 2 is 1.87 bits per heavy atom. The van der Waals surface area contributed by atoms with E-state index in [0.717, 1.165) is 27.1 Å². The van der Waals surface area contributed by atoms with Crippen molar-refractivity contribution < 1.29 is 14.6 Å². The second-order valence-corrected chi connectivity index (χ2v) is 9.11. The van der Waals surface area contributed by atoms with Gasteiger partial charge in [0.25, 0.3) is 0 Å². The molecule has 0 aromatic heterocycles. The molecule has 2 aliphatic rings. The van der Waals surface area contributed by atoms with E-state index >= 15 is 0 Å². The first-order valence-corrected chi connectivity index (χ1v) is 11.1. The van der Waals surface area contributed by atoms with Gasteiger partial charge < -0.3 is 14.6 Å². The minimum Gasteiger partial charge on any atom is -0.507 e. The molecule has 0 bridgehead atoms. The highest BCUT2D eigenvalue weighted by molar-refractivity contribution is 9.10. The summed E-state index contributed by atoms with van der Waals surface area (Å²) in [5.41, 5.74) is 3.35. The number of methoxy groups -OCH3 is 1. The fraction of sp³-hybridized carbons (Fsp3) is 0.174. The predicted octanol–water partition coefficient (Wildman–Crippen LogP) is 6.71. The van der Waals surface area contributed by atoms with Gasteiger partial charge in [-0.3, -0.25) is 0 Å². The molecule has 2 heterocycles. The molecular weight excluding hydrogens is 503 g/mol. The molecule has 5 rings (SSSR count). The van der Waals surface area contributed by atoms with Crippen LogP contribution in [0.5, 0.6) is 17.2 Å². The van der Waals surface area contributed by atoms with Crippen LogP contribution in [0.4, 0.5) is 0 Å². The third-order valence-corrected chi connectivity index (χ3v) is 6.48. The minimum absolute atomic E-state index is 0.119. The third-order valence-electron chi connectivity index (χ3n) is 5.49. The molecule has 2 atom stereocenters. The number of hydrogen-bond acceptors (Lipinski definition) is 5. The lowest BCUT2D eigenvalue weighted by Gasteiger charge is -2.38. The Labute approximate surface area is 197 Å². The van der Waals surface area contributed by atoms with Crippen LogP contribution < -0.4 is 9.47 Å². The van der Waals surface area contributed by atoms with Gasteiger partial charge in [-0.2, -0.15) is 5.10 Å². The van der Waals surface area contributed by atoms with E-state index in [1.165, 1.54) is 0 Å². The first-order chi connectivity index (χ1) is 14.9. The topological polar surface area (TPSA) is 54.3 Å². The third kappa shape index (κ3) is 3.63. The molecule has 0 spiro atoms. The molecule has 1 N–H and O–H groups in total. The molecule has 158 valence electrons. The van der Waals surface area contributed by atoms with Crippen molar-refractivity contribution in [2.75, 3.05) is 7.11 Å². The molecule has 0 radical (unpaired) electrons. The molecular formula is C23H17BrCl2N2O3. The molecule has 5 nitrogen and oxygen atoms in total. The number of ether oxygens (including phenoxy) is 2. The monoisotopic (exact) mass is 518 g/mol. The Morgan fingerprint density at radius 3 is 2.61 bits per heavy atom. The molecule has 2 aliphatic heterocycles. The number of hydrogen-bond donors (Lipinski definition) is 1. The van der Waals surface area contributed by atoms with Gasteiger partial charge in [-0.25, -0.2) is 5.01 Å². The number of hydrazone groups is 1. The van der Waals surface area contributed by atoms with E-state index in [1.54, 1.807) is 25.3 Å². The summed E-state index contributed by atoms with van der Waals surface area (Å²) in [6.45, 7) is 0. The minimum atomic E-state index is -0.649. The highest BCUT2D eigenvalue weighted by Crippen LogP contribution is 2.52. The number of benzene rings is 3. The summed E-state index contributed by atoms with van der Waals surface area (Å²) in [5, 5.41) is 18.3. The number of fused-ring (bicyclic) bond motifs is 3. The summed E-state index contributed by atoms with van der Waals surface area (Å²) in [6, 6.07) is 16.4. The molecule has 8 heteroatoms. The van der Waals surface area contributed by atoms with Crippen molar-refractivity contribution in [2.45, 2.75) is 18.7 Å². The Hall–Kier alpha value is -2.41. The van der Waals surface area contributed by atoms with Crippen LogP contribution in [0.25, 0.3) is 0 Å². The number of aromatic hydroxyl groups is 1. The summed E-state index contributed by atoms with van der Waals surface area (Å²) in [5.74, 6) is 1.46. The van der Waals surface area contributed by atoms with Gasteiger partial charge in [-0.15, -0.1) is 0 Å². The molecule has 0 amide bonds. The zero-order chi connectivity index (χ0) is 21.7. The van der Waals surface area contributed by atoms with Crippen LogP contribution >= 0.6 is 39.1 Å². The van der Waals surface area contributed by atoms with E-state index in [2.05, 4.69) is 15.9 Å². The maximum absolute atomic E-state index is 10.6. The van der Waals surface area contributed by atoms with Gasteiger partial charge in [-0.05, 0) is 60.2 Å². The Balaban J connectivity index is 1.63. The fourth-order valence-corrected chi connectivity index (χ4v) is 4.93. The quantitative estimate of drug-likeness (QED) is 0.417. The van der Waals surface area contributed by atoms with Gasteiger partial charge in [0.05, 0.1) is 29.4 Å². The van der Waals surface area contributed by atoms with Gasteiger partial charge in [0.2, 0.25) is 6.23 Å². The average Bonchev–Trinajstić information content (AvgIpc) is 3.21. The molecule has 31 heavy (non-hydrogen) atoms. The van der Waals surface area contributed by atoms with Crippen molar-refractivity contribution in [3.05, 3.63) is 85.8 Å². The maximum atomic E-state index is 10.6. The maximum Gasteiger partial charge on any atom is 0.217 e. The fourth-order valence-electron chi connectivity index (χ4n) is 4.00.